The van der Waals surface area contributed by atoms with Gasteiger partial charge in [-0.15, -0.1) is 0 Å². The van der Waals surface area contributed by atoms with E-state index >= 15 is 0 Å². The molecule has 0 aliphatic rings. The largest absolute Gasteiger partial charge is 1.00 e. The van der Waals surface area contributed by atoms with Gasteiger partial charge < -0.3 is 15.0 Å². The molecule has 0 amide bonds. The van der Waals surface area contributed by atoms with E-state index in [1.54, 1.807) is 12.1 Å². The number of carbonyl (C=O) groups excluding carboxylic acids is 1. The number of phenols is 1. The first-order valence-corrected chi connectivity index (χ1v) is 3.16. The first-order valence-electron chi connectivity index (χ1n) is 3.16. The molecule has 0 aliphatic heterocycles. The summed E-state index contributed by atoms with van der Waals surface area (Å²) in [4.78, 5) is 10.1. The summed E-state index contributed by atoms with van der Waals surface area (Å²) in [6, 6.07) is 5.98. The molecule has 0 unspecified atom stereocenters. The van der Waals surface area contributed by atoms with Crippen molar-refractivity contribution in [3.63, 3.8) is 0 Å². The molecule has 0 aliphatic carbocycles. The number of aromatic hydroxyl groups is 1. The molecule has 0 heterocycles. The summed E-state index contributed by atoms with van der Waals surface area (Å²) in [5.41, 5.74) is 0.628. The number of carbonyl (C=O) groups is 1. The van der Waals surface area contributed by atoms with Crippen LogP contribution in [0.3, 0.4) is 0 Å². The predicted octanol–water partition coefficient (Wildman–Crippen LogP) is -3.31. The second-order valence-corrected chi connectivity index (χ2v) is 2.22. The van der Waals surface area contributed by atoms with Gasteiger partial charge in [0.05, 0.1) is 0 Å². The van der Waals surface area contributed by atoms with Gasteiger partial charge in [-0.1, -0.05) is 12.1 Å². The molecule has 1 aromatic rings. The van der Waals surface area contributed by atoms with E-state index in [1.807, 2.05) is 0 Å². The molecule has 1 rings (SSSR count). The van der Waals surface area contributed by atoms with E-state index in [0.29, 0.717) is 5.56 Å². The fourth-order valence-electron chi connectivity index (χ4n) is 0.780. The number of carboxylic acids is 1. The Balaban J connectivity index is 0.00000121. The van der Waals surface area contributed by atoms with Crippen LogP contribution in [0.1, 0.15) is 5.56 Å². The number of phenolic OH excluding ortho intramolecular Hbond substituents is 1. The third kappa shape index (κ3) is 3.47. The van der Waals surface area contributed by atoms with E-state index in [-0.39, 0.29) is 31.0 Å². The van der Waals surface area contributed by atoms with Gasteiger partial charge in [0.25, 0.3) is 0 Å². The van der Waals surface area contributed by atoms with E-state index in [0.717, 1.165) is 0 Å². The minimum Gasteiger partial charge on any atom is -0.550 e. The summed E-state index contributed by atoms with van der Waals surface area (Å²) in [5, 5.41) is 18.9. The second kappa shape index (κ2) is 4.86. The third-order valence-corrected chi connectivity index (χ3v) is 1.28. The topological polar surface area (TPSA) is 60.4 Å². The Morgan fingerprint density at radius 3 is 2.25 bits per heavy atom. The zero-order valence-corrected chi connectivity index (χ0v) is 6.78. The number of aliphatic carboxylic acids is 1. The van der Waals surface area contributed by atoms with E-state index in [4.69, 9.17) is 5.11 Å². The summed E-state index contributed by atoms with van der Waals surface area (Å²) < 4.78 is 0. The molecule has 0 radical (unpaired) electrons. The minimum absolute atomic E-state index is 0. The van der Waals surface area contributed by atoms with Gasteiger partial charge in [0.15, 0.2) is 0 Å². The number of hydrogen-bond acceptors (Lipinski definition) is 3. The summed E-state index contributed by atoms with van der Waals surface area (Å²) in [7, 11) is 0. The first-order chi connectivity index (χ1) is 5.18. The van der Waals surface area contributed by atoms with Crippen molar-refractivity contribution in [1.29, 1.82) is 0 Å². The van der Waals surface area contributed by atoms with E-state index in [2.05, 4.69) is 0 Å². The molecular formula is C8H7LiO3. The van der Waals surface area contributed by atoms with Gasteiger partial charge in [0.2, 0.25) is 0 Å². The van der Waals surface area contributed by atoms with Gasteiger partial charge in [-0.3, -0.25) is 0 Å². The van der Waals surface area contributed by atoms with Crippen LogP contribution >= 0.6 is 0 Å². The van der Waals surface area contributed by atoms with Crippen LogP contribution in [0.2, 0.25) is 0 Å². The molecule has 0 fully saturated rings. The number of hydrogen-bond donors (Lipinski definition) is 1. The Hall–Kier alpha value is -0.913. The van der Waals surface area contributed by atoms with Crippen molar-refractivity contribution in [3.8, 4) is 5.75 Å². The smallest absolute Gasteiger partial charge is 0.550 e. The molecule has 58 valence electrons. The van der Waals surface area contributed by atoms with Crippen molar-refractivity contribution in [3.05, 3.63) is 29.8 Å². The average Bonchev–Trinajstić information content (AvgIpc) is 1.93. The molecule has 1 N–H and O–H groups in total. The van der Waals surface area contributed by atoms with Gasteiger partial charge in [0, 0.05) is 12.4 Å². The maximum absolute atomic E-state index is 10.1. The van der Waals surface area contributed by atoms with Gasteiger partial charge in [0.1, 0.15) is 5.75 Å². The van der Waals surface area contributed by atoms with Crippen LogP contribution in [0.5, 0.6) is 5.75 Å². The van der Waals surface area contributed by atoms with Gasteiger partial charge >= 0.3 is 18.9 Å². The summed E-state index contributed by atoms with van der Waals surface area (Å²) in [6.45, 7) is 0. The van der Waals surface area contributed by atoms with Crippen LogP contribution in [0, 0.1) is 0 Å². The van der Waals surface area contributed by atoms with Crippen molar-refractivity contribution in [2.24, 2.45) is 0 Å². The molecule has 4 heteroatoms. The van der Waals surface area contributed by atoms with Crippen LogP contribution in [-0.2, 0) is 11.2 Å². The molecule has 1 aromatic carbocycles. The second-order valence-electron chi connectivity index (χ2n) is 2.22. The van der Waals surface area contributed by atoms with Gasteiger partial charge in [-0.25, -0.2) is 0 Å². The van der Waals surface area contributed by atoms with E-state index < -0.39 is 5.97 Å². The van der Waals surface area contributed by atoms with Crippen molar-refractivity contribution in [2.75, 3.05) is 0 Å². The Morgan fingerprint density at radius 1 is 1.33 bits per heavy atom. The SMILES string of the molecule is O=C([O-])Cc1ccc(O)cc1.[Li+]. The quantitative estimate of drug-likeness (QED) is 0.458. The summed E-state index contributed by atoms with van der Waals surface area (Å²) >= 11 is 0. The summed E-state index contributed by atoms with van der Waals surface area (Å²) in [5.74, 6) is -0.984. The average molecular weight is 158 g/mol. The van der Waals surface area contributed by atoms with Crippen molar-refractivity contribution in [2.45, 2.75) is 6.42 Å². The molecule has 0 saturated carbocycles. The van der Waals surface area contributed by atoms with Gasteiger partial charge in [-0.2, -0.15) is 0 Å². The number of benzene rings is 1. The fourth-order valence-corrected chi connectivity index (χ4v) is 0.780. The van der Waals surface area contributed by atoms with Crippen LogP contribution in [-0.4, -0.2) is 11.1 Å². The Bertz CT molecular complexity index is 256. The van der Waals surface area contributed by atoms with Gasteiger partial charge in [-0.05, 0) is 17.7 Å². The molecule has 0 spiro atoms. The molecule has 0 atom stereocenters. The molecule has 3 nitrogen and oxygen atoms in total. The maximum atomic E-state index is 10.1. The Kier molecular flexibility index (Phi) is 4.49. The van der Waals surface area contributed by atoms with Crippen LogP contribution in [0.4, 0.5) is 0 Å². The van der Waals surface area contributed by atoms with Crippen LogP contribution < -0.4 is 24.0 Å². The number of rotatable bonds is 2. The van der Waals surface area contributed by atoms with E-state index in [9.17, 15) is 9.90 Å². The van der Waals surface area contributed by atoms with E-state index in [1.165, 1.54) is 12.1 Å². The zero-order chi connectivity index (χ0) is 8.27. The number of carboxylic acid groups (broad SMARTS) is 1. The molecule has 0 saturated heterocycles. The minimum atomic E-state index is -1.12. The monoisotopic (exact) mass is 158 g/mol. The zero-order valence-electron chi connectivity index (χ0n) is 6.78. The standard InChI is InChI=1S/C8H8O3.Li/c9-7-3-1-6(2-4-7)5-8(10)11;/h1-4,9H,5H2,(H,10,11);/q;+1/p-1. The van der Waals surface area contributed by atoms with Crippen molar-refractivity contribution < 1.29 is 33.9 Å². The Labute approximate surface area is 82.2 Å². The molecular weight excluding hydrogens is 151 g/mol. The molecule has 0 aromatic heterocycles. The summed E-state index contributed by atoms with van der Waals surface area (Å²) in [6.07, 6.45) is -0.111. The fraction of sp³-hybridized carbons (Fsp3) is 0.125. The maximum Gasteiger partial charge on any atom is 1.00 e. The predicted molar refractivity (Wildman–Crippen MR) is 36.8 cm³/mol. The molecule has 0 bridgehead atoms. The normalized spacial score (nSPS) is 8.67. The third-order valence-electron chi connectivity index (χ3n) is 1.28. The molecule has 12 heavy (non-hydrogen) atoms. The first kappa shape index (κ1) is 11.1. The van der Waals surface area contributed by atoms with Crippen molar-refractivity contribution >= 4 is 5.97 Å². The van der Waals surface area contributed by atoms with Crippen molar-refractivity contribution in [1.82, 2.24) is 0 Å². The van der Waals surface area contributed by atoms with Crippen LogP contribution in [0.25, 0.3) is 0 Å². The Morgan fingerprint density at radius 2 is 1.83 bits per heavy atom. The van der Waals surface area contributed by atoms with Crippen LogP contribution in [0.15, 0.2) is 24.3 Å².